The van der Waals surface area contributed by atoms with Crippen molar-refractivity contribution < 1.29 is 9.18 Å². The van der Waals surface area contributed by atoms with E-state index >= 15 is 0 Å². The summed E-state index contributed by atoms with van der Waals surface area (Å²) >= 11 is 0. The van der Waals surface area contributed by atoms with Crippen molar-refractivity contribution in [2.45, 2.75) is 39.0 Å². The van der Waals surface area contributed by atoms with Gasteiger partial charge in [0.2, 0.25) is 5.91 Å². The summed E-state index contributed by atoms with van der Waals surface area (Å²) < 4.78 is 15.0. The van der Waals surface area contributed by atoms with Crippen LogP contribution in [0.15, 0.2) is 42.5 Å². The van der Waals surface area contributed by atoms with Crippen molar-refractivity contribution in [3.63, 3.8) is 0 Å². The molecule has 1 aromatic heterocycles. The second-order valence-electron chi connectivity index (χ2n) is 8.43. The van der Waals surface area contributed by atoms with Crippen LogP contribution in [0, 0.1) is 23.6 Å². The van der Waals surface area contributed by atoms with Crippen LogP contribution in [-0.2, 0) is 10.2 Å². The van der Waals surface area contributed by atoms with Crippen LogP contribution in [0.4, 0.5) is 10.2 Å². The van der Waals surface area contributed by atoms with Gasteiger partial charge in [-0.1, -0.05) is 32.9 Å². The molecule has 2 aliphatic rings. The maximum absolute atomic E-state index is 13.3. The van der Waals surface area contributed by atoms with Gasteiger partial charge in [0.05, 0.1) is 11.4 Å². The fourth-order valence-electron chi connectivity index (χ4n) is 3.92. The lowest BCUT2D eigenvalue weighted by molar-refractivity contribution is -0.120. The summed E-state index contributed by atoms with van der Waals surface area (Å²) in [5.41, 5.74) is 1.45. The molecule has 1 heterocycles. The minimum Gasteiger partial charge on any atom is -0.310 e. The number of halogens is 1. The number of benzene rings is 1. The number of anilines is 1. The van der Waals surface area contributed by atoms with Gasteiger partial charge in [0.25, 0.3) is 0 Å². The molecule has 26 heavy (non-hydrogen) atoms. The van der Waals surface area contributed by atoms with Crippen LogP contribution in [0.25, 0.3) is 5.69 Å². The summed E-state index contributed by atoms with van der Waals surface area (Å²) in [5, 5.41) is 7.75. The molecule has 4 nitrogen and oxygen atoms in total. The molecular weight excluding hydrogens is 329 g/mol. The number of allylic oxidation sites excluding steroid dienone is 2. The SMILES string of the molecule is CC(C)(C)c1cc(NC(=O)[C@H]2C[C@H]3C=C[C@H]2C3)n(-c2ccc(F)cc2)n1. The van der Waals surface area contributed by atoms with E-state index < -0.39 is 0 Å². The third-order valence-corrected chi connectivity index (χ3v) is 5.42. The summed E-state index contributed by atoms with van der Waals surface area (Å²) in [6.07, 6.45) is 6.41. The third kappa shape index (κ3) is 3.06. The highest BCUT2D eigenvalue weighted by molar-refractivity contribution is 5.93. The molecule has 3 atom stereocenters. The molecule has 1 amide bonds. The van der Waals surface area contributed by atoms with E-state index in [1.54, 1.807) is 16.8 Å². The average molecular weight is 353 g/mol. The normalized spacial score (nSPS) is 24.2. The van der Waals surface area contributed by atoms with Gasteiger partial charge < -0.3 is 5.32 Å². The molecule has 1 aromatic carbocycles. The van der Waals surface area contributed by atoms with Crippen molar-refractivity contribution in [3.05, 3.63) is 54.0 Å². The van der Waals surface area contributed by atoms with Crippen LogP contribution in [0.2, 0.25) is 0 Å². The molecule has 4 rings (SSSR count). The molecule has 0 spiro atoms. The molecule has 1 N–H and O–H groups in total. The lowest BCUT2D eigenvalue weighted by Crippen LogP contribution is -2.27. The second-order valence-corrected chi connectivity index (χ2v) is 8.43. The van der Waals surface area contributed by atoms with Gasteiger partial charge in [-0.2, -0.15) is 5.10 Å². The van der Waals surface area contributed by atoms with E-state index in [0.29, 0.717) is 17.7 Å². The molecule has 0 radical (unpaired) electrons. The molecule has 2 bridgehead atoms. The van der Waals surface area contributed by atoms with Gasteiger partial charge in [-0.25, -0.2) is 9.07 Å². The van der Waals surface area contributed by atoms with E-state index in [1.807, 2.05) is 6.07 Å². The van der Waals surface area contributed by atoms with Gasteiger partial charge in [0, 0.05) is 17.4 Å². The van der Waals surface area contributed by atoms with E-state index in [4.69, 9.17) is 0 Å². The van der Waals surface area contributed by atoms with Crippen molar-refractivity contribution >= 4 is 11.7 Å². The van der Waals surface area contributed by atoms with Gasteiger partial charge in [0.1, 0.15) is 11.6 Å². The van der Waals surface area contributed by atoms with Gasteiger partial charge in [-0.15, -0.1) is 0 Å². The van der Waals surface area contributed by atoms with Crippen LogP contribution in [-0.4, -0.2) is 15.7 Å². The van der Waals surface area contributed by atoms with Gasteiger partial charge in [-0.3, -0.25) is 4.79 Å². The zero-order chi connectivity index (χ0) is 18.5. The first kappa shape index (κ1) is 17.0. The average Bonchev–Trinajstić information content (AvgIpc) is 3.30. The lowest BCUT2D eigenvalue weighted by atomic mass is 9.92. The molecule has 0 saturated heterocycles. The highest BCUT2D eigenvalue weighted by Crippen LogP contribution is 2.44. The highest BCUT2D eigenvalue weighted by Gasteiger charge is 2.40. The molecule has 0 aliphatic heterocycles. The van der Waals surface area contributed by atoms with Gasteiger partial charge in [-0.05, 0) is 48.9 Å². The van der Waals surface area contributed by atoms with Crippen LogP contribution in [0.1, 0.15) is 39.3 Å². The minimum absolute atomic E-state index is 0.0275. The summed E-state index contributed by atoms with van der Waals surface area (Å²) in [6, 6.07) is 8.07. The van der Waals surface area contributed by atoms with Crippen LogP contribution >= 0.6 is 0 Å². The number of hydrogen-bond donors (Lipinski definition) is 1. The quantitative estimate of drug-likeness (QED) is 0.828. The Labute approximate surface area is 153 Å². The minimum atomic E-state index is -0.295. The maximum atomic E-state index is 13.3. The number of hydrogen-bond acceptors (Lipinski definition) is 2. The zero-order valence-corrected chi connectivity index (χ0v) is 15.4. The predicted molar refractivity (Wildman–Crippen MR) is 99.7 cm³/mol. The Kier molecular flexibility index (Phi) is 3.98. The second kappa shape index (κ2) is 6.08. The third-order valence-electron chi connectivity index (χ3n) is 5.42. The Hall–Kier alpha value is -2.43. The number of carbonyl (C=O) groups excluding carboxylic acids is 1. The van der Waals surface area contributed by atoms with E-state index in [2.05, 4.69) is 43.3 Å². The number of nitrogens with one attached hydrogen (secondary N) is 1. The van der Waals surface area contributed by atoms with E-state index in [1.165, 1.54) is 12.1 Å². The monoisotopic (exact) mass is 353 g/mol. The van der Waals surface area contributed by atoms with Crippen molar-refractivity contribution in [2.75, 3.05) is 5.32 Å². The molecule has 0 unspecified atom stereocenters. The Morgan fingerprint density at radius 2 is 1.92 bits per heavy atom. The summed E-state index contributed by atoms with van der Waals surface area (Å²) in [7, 11) is 0. The molecule has 136 valence electrons. The first-order valence-electron chi connectivity index (χ1n) is 9.17. The largest absolute Gasteiger partial charge is 0.310 e. The van der Waals surface area contributed by atoms with Crippen molar-refractivity contribution in [3.8, 4) is 5.69 Å². The number of amides is 1. The summed E-state index contributed by atoms with van der Waals surface area (Å²) in [6.45, 7) is 6.24. The number of fused-ring (bicyclic) bond motifs is 2. The van der Waals surface area contributed by atoms with Gasteiger partial charge >= 0.3 is 0 Å². The van der Waals surface area contributed by atoms with Gasteiger partial charge in [0.15, 0.2) is 0 Å². The summed E-state index contributed by atoms with van der Waals surface area (Å²) in [5.74, 6) is 1.31. The van der Waals surface area contributed by atoms with E-state index in [9.17, 15) is 9.18 Å². The Morgan fingerprint density at radius 3 is 2.50 bits per heavy atom. The smallest absolute Gasteiger partial charge is 0.229 e. The Balaban J connectivity index is 1.65. The highest BCUT2D eigenvalue weighted by atomic mass is 19.1. The fourth-order valence-corrected chi connectivity index (χ4v) is 3.92. The molecule has 2 aromatic rings. The Bertz CT molecular complexity index is 860. The molecule has 2 aliphatic carbocycles. The number of aromatic nitrogens is 2. The Morgan fingerprint density at radius 1 is 1.19 bits per heavy atom. The fraction of sp³-hybridized carbons (Fsp3) is 0.429. The standard InChI is InChI=1S/C21H24FN3O/c1-21(2,3)18-12-19(25(24-18)16-8-6-15(22)7-9-16)23-20(26)17-11-13-4-5-14(17)10-13/h4-9,12-14,17H,10-11H2,1-3H3,(H,23,26)/t13-,14-,17-/m0/s1. The predicted octanol–water partition coefficient (Wildman–Crippen LogP) is 4.46. The topological polar surface area (TPSA) is 46.9 Å². The first-order valence-corrected chi connectivity index (χ1v) is 9.17. The van der Waals surface area contributed by atoms with Crippen LogP contribution in [0.5, 0.6) is 0 Å². The maximum Gasteiger partial charge on any atom is 0.229 e. The number of carbonyl (C=O) groups is 1. The summed E-state index contributed by atoms with van der Waals surface area (Å²) in [4.78, 5) is 12.9. The van der Waals surface area contributed by atoms with Crippen LogP contribution in [0.3, 0.4) is 0 Å². The number of rotatable bonds is 3. The lowest BCUT2D eigenvalue weighted by Gasteiger charge is -2.18. The molecule has 5 heteroatoms. The van der Waals surface area contributed by atoms with E-state index in [-0.39, 0.29) is 23.1 Å². The van der Waals surface area contributed by atoms with E-state index in [0.717, 1.165) is 24.2 Å². The van der Waals surface area contributed by atoms with Crippen molar-refractivity contribution in [1.29, 1.82) is 0 Å². The molecule has 1 saturated carbocycles. The first-order chi connectivity index (χ1) is 12.3. The van der Waals surface area contributed by atoms with Crippen LogP contribution < -0.4 is 5.32 Å². The number of nitrogens with zero attached hydrogens (tertiary/aromatic N) is 2. The van der Waals surface area contributed by atoms with Crippen molar-refractivity contribution in [2.24, 2.45) is 17.8 Å². The van der Waals surface area contributed by atoms with Crippen molar-refractivity contribution in [1.82, 2.24) is 9.78 Å². The molecule has 1 fully saturated rings. The zero-order valence-electron chi connectivity index (χ0n) is 15.4. The molecular formula is C21H24FN3O.